The fourth-order valence-corrected chi connectivity index (χ4v) is 1.22. The first-order valence-corrected chi connectivity index (χ1v) is 3.81. The van der Waals surface area contributed by atoms with Crippen LogP contribution in [0.3, 0.4) is 0 Å². The van der Waals surface area contributed by atoms with Gasteiger partial charge in [0.1, 0.15) is 5.65 Å². The van der Waals surface area contributed by atoms with Crippen LogP contribution in [-0.2, 0) is 0 Å². The molecule has 0 aromatic carbocycles. The van der Waals surface area contributed by atoms with Gasteiger partial charge in [0.15, 0.2) is 5.75 Å². The van der Waals surface area contributed by atoms with Gasteiger partial charge in [-0.2, -0.15) is 0 Å². The quantitative estimate of drug-likeness (QED) is 0.668. The number of nitrogens with zero attached hydrogens (tertiary/aromatic N) is 2. The molecule has 0 unspecified atom stereocenters. The first-order chi connectivity index (χ1) is 6.31. The minimum atomic E-state index is 0.522. The Labute approximate surface area is 74.8 Å². The van der Waals surface area contributed by atoms with Crippen molar-refractivity contribution in [2.24, 2.45) is 0 Å². The molecule has 0 spiro atoms. The number of nitrogens with one attached hydrogen (secondary N) is 1. The van der Waals surface area contributed by atoms with Crippen molar-refractivity contribution >= 4 is 11.0 Å². The standard InChI is InChI=1S/C9H7N3O/c1-6-2-7-8(13-5-10)4-12-9(7)11-3-6/h2-4H,1H3,(H,11,12). The number of hydrogen-bond acceptors (Lipinski definition) is 3. The molecular formula is C9H7N3O. The third-order valence-corrected chi connectivity index (χ3v) is 1.79. The van der Waals surface area contributed by atoms with E-state index in [-0.39, 0.29) is 0 Å². The van der Waals surface area contributed by atoms with E-state index in [4.69, 9.17) is 10.00 Å². The van der Waals surface area contributed by atoms with Crippen molar-refractivity contribution in [1.82, 2.24) is 9.97 Å². The average molecular weight is 173 g/mol. The normalized spacial score (nSPS) is 9.85. The maximum atomic E-state index is 8.36. The molecule has 0 saturated heterocycles. The van der Waals surface area contributed by atoms with Crippen LogP contribution in [0.5, 0.6) is 5.75 Å². The van der Waals surface area contributed by atoms with Gasteiger partial charge in [-0.25, -0.2) is 4.98 Å². The van der Waals surface area contributed by atoms with Crippen LogP contribution in [0, 0.1) is 18.4 Å². The lowest BCUT2D eigenvalue weighted by Crippen LogP contribution is -1.81. The van der Waals surface area contributed by atoms with Crippen molar-refractivity contribution in [3.05, 3.63) is 24.0 Å². The van der Waals surface area contributed by atoms with E-state index < -0.39 is 0 Å². The first-order valence-electron chi connectivity index (χ1n) is 3.81. The molecule has 2 aromatic heterocycles. The Morgan fingerprint density at radius 1 is 1.62 bits per heavy atom. The van der Waals surface area contributed by atoms with E-state index in [1.807, 2.05) is 13.0 Å². The van der Waals surface area contributed by atoms with E-state index in [1.54, 1.807) is 18.6 Å². The Morgan fingerprint density at radius 3 is 3.23 bits per heavy atom. The smallest absolute Gasteiger partial charge is 0.292 e. The summed E-state index contributed by atoms with van der Waals surface area (Å²) in [7, 11) is 0. The lowest BCUT2D eigenvalue weighted by atomic mass is 10.2. The van der Waals surface area contributed by atoms with Crippen LogP contribution in [0.15, 0.2) is 18.5 Å². The summed E-state index contributed by atoms with van der Waals surface area (Å²) in [5.41, 5.74) is 1.77. The molecule has 0 atom stereocenters. The zero-order valence-corrected chi connectivity index (χ0v) is 7.03. The molecule has 0 fully saturated rings. The van der Waals surface area contributed by atoms with Gasteiger partial charge in [0.05, 0.1) is 5.39 Å². The summed E-state index contributed by atoms with van der Waals surface area (Å²) in [4.78, 5) is 7.05. The molecule has 0 aliphatic heterocycles. The molecule has 4 nitrogen and oxygen atoms in total. The summed E-state index contributed by atoms with van der Waals surface area (Å²) in [5.74, 6) is 0.522. The van der Waals surface area contributed by atoms with Gasteiger partial charge in [-0.05, 0) is 18.6 Å². The van der Waals surface area contributed by atoms with Crippen molar-refractivity contribution in [1.29, 1.82) is 5.26 Å². The number of H-pyrrole nitrogens is 1. The number of rotatable bonds is 1. The second-order valence-electron chi connectivity index (χ2n) is 2.76. The molecule has 0 bridgehead atoms. The molecule has 13 heavy (non-hydrogen) atoms. The van der Waals surface area contributed by atoms with Gasteiger partial charge >= 0.3 is 0 Å². The zero-order valence-electron chi connectivity index (χ0n) is 7.03. The molecular weight excluding hydrogens is 166 g/mol. The summed E-state index contributed by atoms with van der Waals surface area (Å²) in [6, 6.07) is 1.92. The largest absolute Gasteiger partial charge is 0.386 e. The van der Waals surface area contributed by atoms with E-state index in [1.165, 1.54) is 0 Å². The van der Waals surface area contributed by atoms with E-state index in [9.17, 15) is 0 Å². The molecule has 0 saturated carbocycles. The molecule has 64 valence electrons. The van der Waals surface area contributed by atoms with Crippen molar-refractivity contribution < 1.29 is 4.74 Å². The Bertz CT molecular complexity index is 481. The van der Waals surface area contributed by atoms with Crippen LogP contribution in [-0.4, -0.2) is 9.97 Å². The SMILES string of the molecule is Cc1cnc2[nH]cc(OC#N)c2c1. The number of ether oxygens (including phenoxy) is 1. The van der Waals surface area contributed by atoms with Crippen LogP contribution in [0.2, 0.25) is 0 Å². The highest BCUT2D eigenvalue weighted by Gasteiger charge is 2.05. The highest BCUT2D eigenvalue weighted by Crippen LogP contribution is 2.24. The van der Waals surface area contributed by atoms with Gasteiger partial charge < -0.3 is 9.72 Å². The molecule has 0 amide bonds. The van der Waals surface area contributed by atoms with E-state index in [2.05, 4.69) is 9.97 Å². The van der Waals surface area contributed by atoms with E-state index >= 15 is 0 Å². The lowest BCUT2D eigenvalue weighted by molar-refractivity contribution is 0.513. The monoisotopic (exact) mass is 173 g/mol. The number of nitriles is 1. The predicted octanol–water partition coefficient (Wildman–Crippen LogP) is 1.73. The Kier molecular flexibility index (Phi) is 1.64. The number of aromatic nitrogens is 2. The number of pyridine rings is 1. The summed E-state index contributed by atoms with van der Waals surface area (Å²) >= 11 is 0. The van der Waals surface area contributed by atoms with Crippen LogP contribution >= 0.6 is 0 Å². The molecule has 2 aromatic rings. The van der Waals surface area contributed by atoms with Gasteiger partial charge in [0.2, 0.25) is 0 Å². The summed E-state index contributed by atoms with van der Waals surface area (Å²) in [6.07, 6.45) is 5.02. The van der Waals surface area contributed by atoms with Gasteiger partial charge in [-0.15, -0.1) is 5.26 Å². The molecule has 4 heteroatoms. The van der Waals surface area contributed by atoms with Crippen molar-refractivity contribution in [3.8, 4) is 12.0 Å². The second kappa shape index (κ2) is 2.79. The van der Waals surface area contributed by atoms with E-state index in [0.717, 1.165) is 16.6 Å². The van der Waals surface area contributed by atoms with Crippen molar-refractivity contribution in [3.63, 3.8) is 0 Å². The molecule has 0 aliphatic rings. The maximum Gasteiger partial charge on any atom is 0.292 e. The van der Waals surface area contributed by atoms with Crippen LogP contribution in [0.1, 0.15) is 5.56 Å². The molecule has 0 radical (unpaired) electrons. The Morgan fingerprint density at radius 2 is 2.46 bits per heavy atom. The van der Waals surface area contributed by atoms with Crippen LogP contribution in [0.25, 0.3) is 11.0 Å². The number of aromatic amines is 1. The van der Waals surface area contributed by atoms with Crippen molar-refractivity contribution in [2.75, 3.05) is 0 Å². The van der Waals surface area contributed by atoms with Gasteiger partial charge in [0, 0.05) is 12.4 Å². The fraction of sp³-hybridized carbons (Fsp3) is 0.111. The van der Waals surface area contributed by atoms with E-state index in [0.29, 0.717) is 5.75 Å². The summed E-state index contributed by atoms with van der Waals surface area (Å²) in [5, 5.41) is 9.20. The number of aryl methyl sites for hydroxylation is 1. The highest BCUT2D eigenvalue weighted by molar-refractivity contribution is 5.83. The molecule has 2 heterocycles. The second-order valence-corrected chi connectivity index (χ2v) is 2.76. The van der Waals surface area contributed by atoms with Gasteiger partial charge in [0.25, 0.3) is 6.26 Å². The number of fused-ring (bicyclic) bond motifs is 1. The average Bonchev–Trinajstić information content (AvgIpc) is 2.49. The lowest BCUT2D eigenvalue weighted by Gasteiger charge is -1.93. The van der Waals surface area contributed by atoms with Crippen LogP contribution in [0.4, 0.5) is 0 Å². The minimum absolute atomic E-state index is 0.522. The predicted molar refractivity (Wildman–Crippen MR) is 47.1 cm³/mol. The van der Waals surface area contributed by atoms with Gasteiger partial charge in [-0.3, -0.25) is 0 Å². The third kappa shape index (κ3) is 1.20. The molecule has 0 aliphatic carbocycles. The van der Waals surface area contributed by atoms with Crippen LogP contribution < -0.4 is 4.74 Å². The minimum Gasteiger partial charge on any atom is -0.386 e. The molecule has 2 rings (SSSR count). The highest BCUT2D eigenvalue weighted by atomic mass is 16.5. The fourth-order valence-electron chi connectivity index (χ4n) is 1.22. The topological polar surface area (TPSA) is 61.7 Å². The zero-order chi connectivity index (χ0) is 9.26. The molecule has 1 N–H and O–H groups in total. The maximum absolute atomic E-state index is 8.36. The Hall–Kier alpha value is -2.02. The first kappa shape index (κ1) is 7.62. The summed E-state index contributed by atoms with van der Waals surface area (Å²) in [6.45, 7) is 1.94. The number of hydrogen-bond donors (Lipinski definition) is 1. The third-order valence-electron chi connectivity index (χ3n) is 1.79. The van der Waals surface area contributed by atoms with Gasteiger partial charge in [-0.1, -0.05) is 0 Å². The summed E-state index contributed by atoms with van der Waals surface area (Å²) < 4.78 is 4.75. The van der Waals surface area contributed by atoms with Crippen molar-refractivity contribution in [2.45, 2.75) is 6.92 Å². The Balaban J connectivity index is 2.66.